The average Bonchev–Trinajstić information content (AvgIpc) is 3.35. The molecule has 0 aliphatic carbocycles. The van der Waals surface area contributed by atoms with Gasteiger partial charge in [-0.3, -0.25) is 10.1 Å². The lowest BCUT2D eigenvalue weighted by Gasteiger charge is -2.28. The Hall–Kier alpha value is -4.13. The van der Waals surface area contributed by atoms with Crippen molar-refractivity contribution in [1.29, 1.82) is 0 Å². The monoisotopic (exact) mass is 425 g/mol. The number of cyclic esters (lactones) is 1. The minimum Gasteiger partial charge on any atom is -0.456 e. The molecule has 0 bridgehead atoms. The minimum absolute atomic E-state index is 0.000687. The molecule has 0 saturated heterocycles. The number of rotatable bonds is 3. The van der Waals surface area contributed by atoms with Crippen molar-refractivity contribution < 1.29 is 14.5 Å². The van der Waals surface area contributed by atoms with Crippen LogP contribution in [0.5, 0.6) is 0 Å². The van der Waals surface area contributed by atoms with Gasteiger partial charge >= 0.3 is 5.97 Å². The van der Waals surface area contributed by atoms with Crippen LogP contribution in [0.25, 0.3) is 21.8 Å². The number of para-hydroxylation sites is 1. The summed E-state index contributed by atoms with van der Waals surface area (Å²) >= 11 is 0. The third-order valence-corrected chi connectivity index (χ3v) is 6.46. The number of ether oxygens (including phenoxy) is 1. The SMILES string of the molecule is CCn1c2ccccc2c2c3c(ccc21)NC1=C(C(=O)OC1)C3c1cccc([N+](=O)[O-])c1. The molecule has 3 aromatic carbocycles. The maximum atomic E-state index is 12.8. The molecule has 7 heteroatoms. The van der Waals surface area contributed by atoms with E-state index in [9.17, 15) is 14.9 Å². The molecule has 6 rings (SSSR count). The molecule has 0 fully saturated rings. The number of carbonyl (C=O) groups excluding carboxylic acids is 1. The number of anilines is 1. The minimum atomic E-state index is -0.462. The van der Waals surface area contributed by atoms with E-state index in [1.807, 2.05) is 24.3 Å². The molecule has 1 N–H and O–H groups in total. The largest absolute Gasteiger partial charge is 0.456 e. The van der Waals surface area contributed by atoms with Crippen LogP contribution in [0.3, 0.4) is 0 Å². The van der Waals surface area contributed by atoms with E-state index in [1.165, 1.54) is 6.07 Å². The van der Waals surface area contributed by atoms with E-state index < -0.39 is 10.8 Å². The Morgan fingerprint density at radius 1 is 1.12 bits per heavy atom. The number of aromatic nitrogens is 1. The van der Waals surface area contributed by atoms with Gasteiger partial charge in [0.2, 0.25) is 0 Å². The third-order valence-electron chi connectivity index (χ3n) is 6.46. The van der Waals surface area contributed by atoms with E-state index in [2.05, 4.69) is 35.0 Å². The maximum absolute atomic E-state index is 12.8. The second-order valence-electron chi connectivity index (χ2n) is 8.06. The molecule has 0 amide bonds. The summed E-state index contributed by atoms with van der Waals surface area (Å²) in [7, 11) is 0. The van der Waals surface area contributed by atoms with Gasteiger partial charge in [-0.25, -0.2) is 4.79 Å². The highest BCUT2D eigenvalue weighted by Crippen LogP contribution is 2.49. The first kappa shape index (κ1) is 18.6. The second kappa shape index (κ2) is 6.68. The Labute approximate surface area is 183 Å². The van der Waals surface area contributed by atoms with Gasteiger partial charge in [-0.15, -0.1) is 0 Å². The van der Waals surface area contributed by atoms with Crippen LogP contribution in [0.1, 0.15) is 24.0 Å². The second-order valence-corrected chi connectivity index (χ2v) is 8.06. The van der Waals surface area contributed by atoms with Crippen molar-refractivity contribution in [2.45, 2.75) is 19.4 Å². The molecule has 3 heterocycles. The molecular weight excluding hydrogens is 406 g/mol. The first-order valence-electron chi connectivity index (χ1n) is 10.5. The van der Waals surface area contributed by atoms with Crippen LogP contribution in [0.15, 0.2) is 71.9 Å². The zero-order chi connectivity index (χ0) is 22.0. The number of benzene rings is 3. The summed E-state index contributed by atoms with van der Waals surface area (Å²) in [6, 6.07) is 18.9. The molecular formula is C25H19N3O4. The molecule has 0 saturated carbocycles. The van der Waals surface area contributed by atoms with Crippen LogP contribution < -0.4 is 5.32 Å². The number of fused-ring (bicyclic) bond motifs is 5. The van der Waals surface area contributed by atoms with Crippen LogP contribution in [0, 0.1) is 10.1 Å². The molecule has 0 radical (unpaired) electrons. The summed E-state index contributed by atoms with van der Waals surface area (Å²) in [6.45, 7) is 3.08. The first-order valence-corrected chi connectivity index (χ1v) is 10.5. The van der Waals surface area contributed by atoms with Crippen molar-refractivity contribution in [2.24, 2.45) is 0 Å². The smallest absolute Gasteiger partial charge is 0.337 e. The summed E-state index contributed by atoms with van der Waals surface area (Å²) in [5, 5.41) is 17.0. The Bertz CT molecular complexity index is 1500. The number of carbonyl (C=O) groups is 1. The number of aryl methyl sites for hydroxylation is 1. The summed E-state index contributed by atoms with van der Waals surface area (Å²) in [4.78, 5) is 23.9. The zero-order valence-corrected chi connectivity index (χ0v) is 17.3. The van der Waals surface area contributed by atoms with Gasteiger partial charge in [-0.1, -0.05) is 30.3 Å². The van der Waals surface area contributed by atoms with Crippen molar-refractivity contribution in [2.75, 3.05) is 11.9 Å². The molecule has 4 aromatic rings. The fourth-order valence-electron chi connectivity index (χ4n) is 5.19. The zero-order valence-electron chi connectivity index (χ0n) is 17.3. The lowest BCUT2D eigenvalue weighted by molar-refractivity contribution is -0.384. The van der Waals surface area contributed by atoms with Crippen molar-refractivity contribution in [3.63, 3.8) is 0 Å². The molecule has 2 aliphatic rings. The van der Waals surface area contributed by atoms with Gasteiger partial charge in [-0.2, -0.15) is 0 Å². The molecule has 7 nitrogen and oxygen atoms in total. The van der Waals surface area contributed by atoms with Crippen LogP contribution in [-0.4, -0.2) is 22.1 Å². The van der Waals surface area contributed by atoms with E-state index in [-0.39, 0.29) is 18.3 Å². The number of non-ortho nitro benzene ring substituents is 1. The number of nitrogens with one attached hydrogen (secondary N) is 1. The summed E-state index contributed by atoms with van der Waals surface area (Å²) in [6.07, 6.45) is 0. The Morgan fingerprint density at radius 2 is 1.97 bits per heavy atom. The van der Waals surface area contributed by atoms with Gasteiger partial charge in [0.15, 0.2) is 0 Å². The van der Waals surface area contributed by atoms with E-state index in [1.54, 1.807) is 12.1 Å². The van der Waals surface area contributed by atoms with Crippen LogP contribution in [-0.2, 0) is 16.1 Å². The Balaban J connectivity index is 1.74. The molecule has 158 valence electrons. The van der Waals surface area contributed by atoms with Crippen molar-refractivity contribution in [1.82, 2.24) is 4.57 Å². The Kier molecular flexibility index (Phi) is 3.89. The number of hydrogen-bond donors (Lipinski definition) is 1. The molecule has 1 atom stereocenters. The highest BCUT2D eigenvalue weighted by Gasteiger charge is 2.40. The number of nitro groups is 1. The summed E-state index contributed by atoms with van der Waals surface area (Å²) in [5.74, 6) is -0.846. The highest BCUT2D eigenvalue weighted by molar-refractivity contribution is 6.13. The lowest BCUT2D eigenvalue weighted by atomic mass is 9.79. The van der Waals surface area contributed by atoms with Crippen LogP contribution in [0.4, 0.5) is 11.4 Å². The van der Waals surface area contributed by atoms with Crippen LogP contribution >= 0.6 is 0 Å². The summed E-state index contributed by atoms with van der Waals surface area (Å²) < 4.78 is 7.63. The normalized spacial score (nSPS) is 17.3. The number of nitro benzene ring substituents is 1. The fraction of sp³-hybridized carbons (Fsp3) is 0.160. The van der Waals surface area contributed by atoms with E-state index in [0.29, 0.717) is 11.1 Å². The van der Waals surface area contributed by atoms with Gasteiger partial charge in [0.25, 0.3) is 5.69 Å². The van der Waals surface area contributed by atoms with Crippen molar-refractivity contribution in [3.05, 3.63) is 93.2 Å². The fourth-order valence-corrected chi connectivity index (χ4v) is 5.19. The van der Waals surface area contributed by atoms with Crippen molar-refractivity contribution in [3.8, 4) is 0 Å². The predicted octanol–water partition coefficient (Wildman–Crippen LogP) is 5.09. The summed E-state index contributed by atoms with van der Waals surface area (Å²) in [5.41, 5.74) is 5.98. The van der Waals surface area contributed by atoms with Gasteiger partial charge in [0.1, 0.15) is 6.61 Å². The quantitative estimate of drug-likeness (QED) is 0.281. The Morgan fingerprint density at radius 3 is 2.78 bits per heavy atom. The predicted molar refractivity (Wildman–Crippen MR) is 122 cm³/mol. The molecule has 1 unspecified atom stereocenters. The highest BCUT2D eigenvalue weighted by atomic mass is 16.6. The van der Waals surface area contributed by atoms with E-state index in [4.69, 9.17) is 4.74 Å². The molecule has 0 spiro atoms. The number of nitrogens with zero attached hydrogens (tertiary/aromatic N) is 2. The molecule has 2 aliphatic heterocycles. The van der Waals surface area contributed by atoms with Crippen molar-refractivity contribution >= 4 is 39.1 Å². The average molecular weight is 425 g/mol. The maximum Gasteiger partial charge on any atom is 0.337 e. The van der Waals surface area contributed by atoms with Gasteiger partial charge in [-0.05, 0) is 36.2 Å². The van der Waals surface area contributed by atoms with Crippen LogP contribution in [0.2, 0.25) is 0 Å². The topological polar surface area (TPSA) is 86.4 Å². The molecule has 32 heavy (non-hydrogen) atoms. The van der Waals surface area contributed by atoms with Gasteiger partial charge in [0, 0.05) is 52.1 Å². The first-order chi connectivity index (χ1) is 15.6. The number of esters is 1. The van der Waals surface area contributed by atoms with E-state index >= 15 is 0 Å². The van der Waals surface area contributed by atoms with Gasteiger partial charge < -0.3 is 14.6 Å². The van der Waals surface area contributed by atoms with Gasteiger partial charge in [0.05, 0.1) is 16.2 Å². The number of hydrogen-bond acceptors (Lipinski definition) is 5. The molecule has 1 aromatic heterocycles. The van der Waals surface area contributed by atoms with E-state index in [0.717, 1.165) is 45.3 Å². The lowest BCUT2D eigenvalue weighted by Crippen LogP contribution is -2.20. The standard InChI is InChI=1S/C25H19N3O4/c1-2-27-19-9-4-3-8-16(19)22-20(27)11-10-17-23(22)21(24-18(26-17)13-32-25(24)29)14-6-5-7-15(12-14)28(30)31/h3-12,21,26H,2,13H2,1H3. The third kappa shape index (κ3) is 2.45.